The molecule has 0 saturated heterocycles. The number of nitrogens with one attached hydrogen (secondary N) is 3. The summed E-state index contributed by atoms with van der Waals surface area (Å²) in [7, 11) is 0. The van der Waals surface area contributed by atoms with Gasteiger partial charge in [-0.1, -0.05) is 0 Å². The smallest absolute Gasteiger partial charge is 0.231 e. The van der Waals surface area contributed by atoms with Gasteiger partial charge in [0.05, 0.1) is 0 Å². The van der Waals surface area contributed by atoms with Gasteiger partial charge in [-0.2, -0.15) is 9.97 Å². The zero-order chi connectivity index (χ0) is 13.8. The van der Waals surface area contributed by atoms with Crippen molar-refractivity contribution in [1.29, 1.82) is 0 Å². The Kier molecular flexibility index (Phi) is 3.68. The molecule has 0 amide bonds. The number of benzene rings is 1. The van der Waals surface area contributed by atoms with Crippen LogP contribution in [0, 0.1) is 11.6 Å². The number of aromatic nitrogens is 2. The van der Waals surface area contributed by atoms with Gasteiger partial charge in [-0.25, -0.2) is 20.5 Å². The Morgan fingerprint density at radius 3 is 1.84 bits per heavy atom. The molecule has 0 spiro atoms. The highest BCUT2D eigenvalue weighted by Gasteiger charge is 2.06. The Balaban J connectivity index is 2.31. The van der Waals surface area contributed by atoms with Gasteiger partial charge in [-0.3, -0.25) is 0 Å². The van der Waals surface area contributed by atoms with Crippen LogP contribution in [0.5, 0.6) is 0 Å². The average Bonchev–Trinajstić information content (AvgIpc) is 2.37. The molecular weight excluding hydrogens is 256 g/mol. The third-order valence-corrected chi connectivity index (χ3v) is 2.14. The molecule has 9 heteroatoms. The average molecular weight is 267 g/mol. The van der Waals surface area contributed by atoms with E-state index in [4.69, 9.17) is 11.7 Å². The first kappa shape index (κ1) is 12.9. The van der Waals surface area contributed by atoms with Crippen LogP contribution in [0.25, 0.3) is 0 Å². The molecule has 0 atom stereocenters. The van der Waals surface area contributed by atoms with Crippen molar-refractivity contribution in [1.82, 2.24) is 9.97 Å². The molecular formula is C10H11F2N7. The van der Waals surface area contributed by atoms with Crippen LogP contribution in [0.3, 0.4) is 0 Å². The summed E-state index contributed by atoms with van der Waals surface area (Å²) in [6.45, 7) is 0. The maximum Gasteiger partial charge on any atom is 0.231 e. The van der Waals surface area contributed by atoms with Crippen molar-refractivity contribution >= 4 is 23.3 Å². The number of anilines is 4. The lowest BCUT2D eigenvalue weighted by Gasteiger charge is -2.09. The van der Waals surface area contributed by atoms with Crippen LogP contribution in [0.1, 0.15) is 0 Å². The third-order valence-electron chi connectivity index (χ3n) is 2.14. The van der Waals surface area contributed by atoms with Gasteiger partial charge in [0.25, 0.3) is 0 Å². The molecule has 100 valence electrons. The lowest BCUT2D eigenvalue weighted by atomic mass is 10.3. The fourth-order valence-corrected chi connectivity index (χ4v) is 1.41. The van der Waals surface area contributed by atoms with Crippen LogP contribution < -0.4 is 27.9 Å². The summed E-state index contributed by atoms with van der Waals surface area (Å²) in [6.07, 6.45) is 0. The molecule has 1 aromatic carbocycles. The number of halogens is 2. The van der Waals surface area contributed by atoms with Gasteiger partial charge in [0.1, 0.15) is 23.3 Å². The number of hydrogen-bond acceptors (Lipinski definition) is 7. The van der Waals surface area contributed by atoms with E-state index in [1.54, 1.807) is 0 Å². The first-order chi connectivity index (χ1) is 9.10. The Labute approximate surface area is 107 Å². The molecule has 0 aliphatic heterocycles. The monoisotopic (exact) mass is 267 g/mol. The van der Waals surface area contributed by atoms with Gasteiger partial charge in [-0.05, 0) is 12.1 Å². The summed E-state index contributed by atoms with van der Waals surface area (Å²) in [4.78, 5) is 7.91. The minimum absolute atomic E-state index is 0.0772. The maximum absolute atomic E-state index is 13.0. The quantitative estimate of drug-likeness (QED) is 0.416. The Bertz CT molecular complexity index is 548. The summed E-state index contributed by atoms with van der Waals surface area (Å²) in [5.74, 6) is 9.66. The van der Waals surface area contributed by atoms with Crippen molar-refractivity contribution in [3.8, 4) is 0 Å². The third kappa shape index (κ3) is 3.24. The second-order valence-electron chi connectivity index (χ2n) is 3.53. The predicted octanol–water partition coefficient (Wildman–Crippen LogP) is 1.07. The van der Waals surface area contributed by atoms with E-state index in [2.05, 4.69) is 26.1 Å². The van der Waals surface area contributed by atoms with Crippen molar-refractivity contribution < 1.29 is 8.78 Å². The number of hydrazine groups is 2. The predicted molar refractivity (Wildman–Crippen MR) is 67.3 cm³/mol. The SMILES string of the molecule is NNc1cc(NN)nc(Nc2cc(F)cc(F)c2)n1. The van der Waals surface area contributed by atoms with Gasteiger partial charge in [0, 0.05) is 17.8 Å². The lowest BCUT2D eigenvalue weighted by Crippen LogP contribution is -2.14. The molecule has 0 bridgehead atoms. The van der Waals surface area contributed by atoms with E-state index in [1.807, 2.05) is 0 Å². The highest BCUT2D eigenvalue weighted by Crippen LogP contribution is 2.19. The molecule has 0 radical (unpaired) electrons. The molecule has 0 saturated carbocycles. The molecule has 2 rings (SSSR count). The fraction of sp³-hybridized carbons (Fsp3) is 0. The summed E-state index contributed by atoms with van der Waals surface area (Å²) < 4.78 is 26.1. The standard InChI is InChI=1S/C10H11F2N7/c11-5-1-6(12)3-7(2-5)15-10-16-8(18-13)4-9(17-10)19-14/h1-4H,13-14H2,(H3,15,16,17,18,19). The van der Waals surface area contributed by atoms with Crippen molar-refractivity contribution in [2.24, 2.45) is 11.7 Å². The molecule has 2 aromatic rings. The van der Waals surface area contributed by atoms with Crippen LogP contribution in [0.15, 0.2) is 24.3 Å². The van der Waals surface area contributed by atoms with Crippen LogP contribution in [0.2, 0.25) is 0 Å². The van der Waals surface area contributed by atoms with E-state index < -0.39 is 11.6 Å². The second kappa shape index (κ2) is 5.42. The lowest BCUT2D eigenvalue weighted by molar-refractivity contribution is 0.584. The van der Waals surface area contributed by atoms with Gasteiger partial charge in [-0.15, -0.1) is 0 Å². The van der Waals surface area contributed by atoms with Gasteiger partial charge in [0.15, 0.2) is 0 Å². The van der Waals surface area contributed by atoms with Crippen molar-refractivity contribution in [2.45, 2.75) is 0 Å². The van der Waals surface area contributed by atoms with Gasteiger partial charge >= 0.3 is 0 Å². The van der Waals surface area contributed by atoms with E-state index in [1.165, 1.54) is 6.07 Å². The first-order valence-electron chi connectivity index (χ1n) is 5.16. The van der Waals surface area contributed by atoms with Crippen LogP contribution in [0.4, 0.5) is 32.1 Å². The zero-order valence-electron chi connectivity index (χ0n) is 9.61. The number of rotatable bonds is 4. The summed E-state index contributed by atoms with van der Waals surface area (Å²) in [5, 5.41) is 2.64. The Morgan fingerprint density at radius 2 is 1.37 bits per heavy atom. The minimum Gasteiger partial charge on any atom is -0.324 e. The largest absolute Gasteiger partial charge is 0.324 e. The topological polar surface area (TPSA) is 114 Å². The minimum atomic E-state index is -0.715. The van der Waals surface area contributed by atoms with Crippen LogP contribution in [-0.4, -0.2) is 9.97 Å². The van der Waals surface area contributed by atoms with E-state index in [-0.39, 0.29) is 23.3 Å². The number of nitrogens with two attached hydrogens (primary N) is 2. The Hall–Kier alpha value is -2.52. The summed E-state index contributed by atoms with van der Waals surface area (Å²) >= 11 is 0. The number of nitrogen functional groups attached to an aromatic ring is 2. The first-order valence-corrected chi connectivity index (χ1v) is 5.16. The summed E-state index contributed by atoms with van der Waals surface area (Å²) in [6, 6.07) is 4.42. The second-order valence-corrected chi connectivity index (χ2v) is 3.53. The van der Waals surface area contributed by atoms with Gasteiger partial charge in [0.2, 0.25) is 5.95 Å². The van der Waals surface area contributed by atoms with Crippen molar-refractivity contribution in [3.05, 3.63) is 35.9 Å². The zero-order valence-corrected chi connectivity index (χ0v) is 9.61. The number of hydrogen-bond donors (Lipinski definition) is 5. The molecule has 0 fully saturated rings. The molecule has 0 aliphatic carbocycles. The molecule has 19 heavy (non-hydrogen) atoms. The molecule has 7 nitrogen and oxygen atoms in total. The molecule has 1 heterocycles. The van der Waals surface area contributed by atoms with E-state index in [0.717, 1.165) is 18.2 Å². The molecule has 7 N–H and O–H groups in total. The maximum atomic E-state index is 13.0. The van der Waals surface area contributed by atoms with E-state index >= 15 is 0 Å². The van der Waals surface area contributed by atoms with Crippen molar-refractivity contribution in [3.63, 3.8) is 0 Å². The molecule has 0 unspecified atom stereocenters. The molecule has 0 aliphatic rings. The van der Waals surface area contributed by atoms with Crippen LogP contribution in [-0.2, 0) is 0 Å². The summed E-state index contributed by atoms with van der Waals surface area (Å²) in [5.41, 5.74) is 4.79. The molecule has 1 aromatic heterocycles. The Morgan fingerprint density at radius 1 is 0.842 bits per heavy atom. The van der Waals surface area contributed by atoms with Gasteiger partial charge < -0.3 is 16.2 Å². The number of nitrogens with zero attached hydrogens (tertiary/aromatic N) is 2. The van der Waals surface area contributed by atoms with E-state index in [9.17, 15) is 8.78 Å². The van der Waals surface area contributed by atoms with Crippen LogP contribution >= 0.6 is 0 Å². The van der Waals surface area contributed by atoms with Crippen molar-refractivity contribution in [2.75, 3.05) is 16.2 Å². The highest BCUT2D eigenvalue weighted by molar-refractivity contribution is 5.58. The van der Waals surface area contributed by atoms with E-state index in [0.29, 0.717) is 0 Å². The normalized spacial score (nSPS) is 10.1. The highest BCUT2D eigenvalue weighted by atomic mass is 19.1. The fourth-order valence-electron chi connectivity index (χ4n) is 1.41.